The van der Waals surface area contributed by atoms with Crippen LogP contribution in [0.1, 0.15) is 24.1 Å². The zero-order valence-corrected chi connectivity index (χ0v) is 14.7. The molecule has 1 N–H and O–H groups in total. The first-order valence-electron chi connectivity index (χ1n) is 8.50. The van der Waals surface area contributed by atoms with Crippen molar-refractivity contribution in [2.24, 2.45) is 0 Å². The summed E-state index contributed by atoms with van der Waals surface area (Å²) >= 11 is 1.85. The van der Waals surface area contributed by atoms with E-state index in [1.54, 1.807) is 6.33 Å². The lowest BCUT2D eigenvalue weighted by molar-refractivity contribution is 0.209. The summed E-state index contributed by atoms with van der Waals surface area (Å²) < 4.78 is 1.38. The van der Waals surface area contributed by atoms with Crippen LogP contribution in [-0.2, 0) is 6.54 Å². The van der Waals surface area contributed by atoms with E-state index in [0.717, 1.165) is 24.6 Å². The van der Waals surface area contributed by atoms with Gasteiger partial charge in [0.15, 0.2) is 0 Å². The standard InChI is InChI=1S/C19H22N4S/c1-14-9-19(21-13-20-14)22-16-5-4-8-23(11-16)10-15-12-24-18-7-3-2-6-17(15)18/h2-3,6-7,9,12-13,16H,4-5,8,10-11H2,1H3,(H,20,21,22). The van der Waals surface area contributed by atoms with Crippen LogP contribution in [0.3, 0.4) is 0 Å². The van der Waals surface area contributed by atoms with Crippen molar-refractivity contribution in [2.45, 2.75) is 32.4 Å². The average molecular weight is 338 g/mol. The molecule has 124 valence electrons. The quantitative estimate of drug-likeness (QED) is 0.778. The molecule has 1 aliphatic rings. The number of rotatable bonds is 4. The number of piperidine rings is 1. The Kier molecular flexibility index (Phi) is 4.45. The summed E-state index contributed by atoms with van der Waals surface area (Å²) in [4.78, 5) is 11.1. The first kappa shape index (κ1) is 15.5. The fourth-order valence-electron chi connectivity index (χ4n) is 3.46. The topological polar surface area (TPSA) is 41.0 Å². The first-order valence-corrected chi connectivity index (χ1v) is 9.38. The minimum absolute atomic E-state index is 0.456. The minimum Gasteiger partial charge on any atom is -0.366 e. The van der Waals surface area contributed by atoms with Crippen LogP contribution >= 0.6 is 11.3 Å². The van der Waals surface area contributed by atoms with Crippen molar-refractivity contribution in [2.75, 3.05) is 18.4 Å². The van der Waals surface area contributed by atoms with Gasteiger partial charge in [-0.15, -0.1) is 11.3 Å². The van der Waals surface area contributed by atoms with E-state index in [-0.39, 0.29) is 0 Å². The molecule has 4 rings (SSSR count). The van der Waals surface area contributed by atoms with Gasteiger partial charge in [-0.05, 0) is 48.7 Å². The normalized spacial score (nSPS) is 18.8. The fraction of sp³-hybridized carbons (Fsp3) is 0.368. The Morgan fingerprint density at radius 3 is 3.12 bits per heavy atom. The number of fused-ring (bicyclic) bond motifs is 1. The number of aromatic nitrogens is 2. The van der Waals surface area contributed by atoms with Crippen LogP contribution in [-0.4, -0.2) is 34.0 Å². The summed E-state index contributed by atoms with van der Waals surface area (Å²) in [5, 5.41) is 7.30. The number of benzene rings is 1. The summed E-state index contributed by atoms with van der Waals surface area (Å²) in [5.74, 6) is 0.940. The predicted octanol–water partition coefficient (Wildman–Crippen LogP) is 4.08. The van der Waals surface area contributed by atoms with Crippen molar-refractivity contribution in [1.29, 1.82) is 0 Å². The average Bonchev–Trinajstić information content (AvgIpc) is 2.99. The van der Waals surface area contributed by atoms with Crippen LogP contribution in [0.2, 0.25) is 0 Å². The van der Waals surface area contributed by atoms with Crippen LogP contribution in [0.4, 0.5) is 5.82 Å². The minimum atomic E-state index is 0.456. The molecular formula is C19H22N4S. The summed E-state index contributed by atoms with van der Waals surface area (Å²) in [5.41, 5.74) is 2.46. The number of nitrogens with zero attached hydrogens (tertiary/aromatic N) is 3. The highest BCUT2D eigenvalue weighted by atomic mass is 32.1. The van der Waals surface area contributed by atoms with Crippen molar-refractivity contribution in [3.05, 3.63) is 53.3 Å². The van der Waals surface area contributed by atoms with Crippen LogP contribution in [0, 0.1) is 6.92 Å². The van der Waals surface area contributed by atoms with Crippen molar-refractivity contribution in [1.82, 2.24) is 14.9 Å². The fourth-order valence-corrected chi connectivity index (χ4v) is 4.41. The Labute approximate surface area is 146 Å². The highest BCUT2D eigenvalue weighted by molar-refractivity contribution is 7.17. The van der Waals surface area contributed by atoms with Gasteiger partial charge < -0.3 is 5.32 Å². The van der Waals surface area contributed by atoms with Gasteiger partial charge in [-0.1, -0.05) is 18.2 Å². The van der Waals surface area contributed by atoms with Gasteiger partial charge in [0.25, 0.3) is 0 Å². The Morgan fingerprint density at radius 1 is 1.29 bits per heavy atom. The van der Waals surface area contributed by atoms with Crippen LogP contribution in [0.15, 0.2) is 42.0 Å². The van der Waals surface area contributed by atoms with Gasteiger partial charge in [-0.2, -0.15) is 0 Å². The summed E-state index contributed by atoms with van der Waals surface area (Å²) in [6.07, 6.45) is 4.06. The van der Waals surface area contributed by atoms with E-state index >= 15 is 0 Å². The molecule has 2 aromatic heterocycles. The molecule has 1 aliphatic heterocycles. The summed E-state index contributed by atoms with van der Waals surface area (Å²) in [6.45, 7) is 5.27. The van der Waals surface area contributed by atoms with E-state index in [1.807, 2.05) is 24.3 Å². The van der Waals surface area contributed by atoms with E-state index in [4.69, 9.17) is 0 Å². The smallest absolute Gasteiger partial charge is 0.129 e. The van der Waals surface area contributed by atoms with E-state index in [2.05, 4.69) is 49.8 Å². The number of thiophene rings is 1. The zero-order chi connectivity index (χ0) is 16.4. The molecule has 0 radical (unpaired) electrons. The third kappa shape index (κ3) is 3.42. The SMILES string of the molecule is Cc1cc(NC2CCCN(Cc3csc4ccccc34)C2)ncn1. The lowest BCUT2D eigenvalue weighted by atomic mass is 10.0. The molecule has 1 unspecified atom stereocenters. The van der Waals surface area contributed by atoms with E-state index in [9.17, 15) is 0 Å². The maximum absolute atomic E-state index is 4.34. The van der Waals surface area contributed by atoms with Crippen LogP contribution in [0.25, 0.3) is 10.1 Å². The lowest BCUT2D eigenvalue weighted by Gasteiger charge is -2.33. The second-order valence-corrected chi connectivity index (χ2v) is 7.43. The van der Waals surface area contributed by atoms with E-state index in [0.29, 0.717) is 6.04 Å². The van der Waals surface area contributed by atoms with E-state index in [1.165, 1.54) is 35.0 Å². The molecule has 0 bridgehead atoms. The van der Waals surface area contributed by atoms with Crippen molar-refractivity contribution in [3.63, 3.8) is 0 Å². The van der Waals surface area contributed by atoms with Gasteiger partial charge >= 0.3 is 0 Å². The molecule has 4 nitrogen and oxygen atoms in total. The maximum Gasteiger partial charge on any atom is 0.129 e. The van der Waals surface area contributed by atoms with Crippen molar-refractivity contribution in [3.8, 4) is 0 Å². The first-order chi connectivity index (χ1) is 11.8. The predicted molar refractivity (Wildman–Crippen MR) is 101 cm³/mol. The molecule has 24 heavy (non-hydrogen) atoms. The Morgan fingerprint density at radius 2 is 2.21 bits per heavy atom. The lowest BCUT2D eigenvalue weighted by Crippen LogP contribution is -2.41. The molecule has 5 heteroatoms. The molecule has 0 amide bonds. The highest BCUT2D eigenvalue weighted by Crippen LogP contribution is 2.27. The third-order valence-electron chi connectivity index (χ3n) is 4.62. The monoisotopic (exact) mass is 338 g/mol. The van der Waals surface area contributed by atoms with Gasteiger partial charge in [0.2, 0.25) is 0 Å². The van der Waals surface area contributed by atoms with Gasteiger partial charge in [-0.3, -0.25) is 4.90 Å². The largest absolute Gasteiger partial charge is 0.366 e. The van der Waals surface area contributed by atoms with Gasteiger partial charge in [0.1, 0.15) is 12.1 Å². The van der Waals surface area contributed by atoms with Crippen molar-refractivity contribution >= 4 is 27.2 Å². The Bertz CT molecular complexity index is 829. The number of aryl methyl sites for hydroxylation is 1. The Balaban J connectivity index is 1.43. The number of hydrogen-bond acceptors (Lipinski definition) is 5. The zero-order valence-electron chi connectivity index (χ0n) is 13.9. The summed E-state index contributed by atoms with van der Waals surface area (Å²) in [6, 6.07) is 11.2. The second kappa shape index (κ2) is 6.87. The second-order valence-electron chi connectivity index (χ2n) is 6.52. The molecule has 1 saturated heterocycles. The van der Waals surface area contributed by atoms with Crippen LogP contribution < -0.4 is 5.32 Å². The molecule has 0 spiro atoms. The molecule has 0 saturated carbocycles. The molecule has 3 aromatic rings. The molecule has 1 aromatic carbocycles. The molecule has 0 aliphatic carbocycles. The molecule has 1 atom stereocenters. The number of likely N-dealkylation sites (tertiary alicyclic amines) is 1. The van der Waals surface area contributed by atoms with Gasteiger partial charge in [-0.25, -0.2) is 9.97 Å². The Hall–Kier alpha value is -1.98. The van der Waals surface area contributed by atoms with E-state index < -0.39 is 0 Å². The third-order valence-corrected chi connectivity index (χ3v) is 5.63. The molecule has 3 heterocycles. The number of anilines is 1. The number of nitrogens with one attached hydrogen (secondary N) is 1. The van der Waals surface area contributed by atoms with Crippen molar-refractivity contribution < 1.29 is 0 Å². The van der Waals surface area contributed by atoms with Gasteiger partial charge in [0, 0.05) is 35.6 Å². The maximum atomic E-state index is 4.34. The number of hydrogen-bond donors (Lipinski definition) is 1. The summed E-state index contributed by atoms with van der Waals surface area (Å²) in [7, 11) is 0. The highest BCUT2D eigenvalue weighted by Gasteiger charge is 2.21. The van der Waals surface area contributed by atoms with Gasteiger partial charge in [0.05, 0.1) is 0 Å². The molecular weight excluding hydrogens is 316 g/mol. The van der Waals surface area contributed by atoms with Crippen LogP contribution in [0.5, 0.6) is 0 Å². The molecule has 1 fully saturated rings.